The summed E-state index contributed by atoms with van der Waals surface area (Å²) in [4.78, 5) is 24.2. The highest BCUT2D eigenvalue weighted by atomic mass is 35.5. The molecule has 27 heavy (non-hydrogen) atoms. The fourth-order valence-corrected chi connectivity index (χ4v) is 4.69. The maximum atomic E-state index is 12.2. The second-order valence-electron chi connectivity index (χ2n) is 6.35. The number of nitrogens with one attached hydrogen (secondary N) is 2. The molecule has 0 bridgehead atoms. The Bertz CT molecular complexity index is 793. The van der Waals surface area contributed by atoms with Crippen LogP contribution in [0, 0.1) is 5.92 Å². The first-order chi connectivity index (χ1) is 13.1. The topological polar surface area (TPSA) is 84.0 Å². The summed E-state index contributed by atoms with van der Waals surface area (Å²) >= 11 is 8.67. The van der Waals surface area contributed by atoms with Gasteiger partial charge in [-0.15, -0.1) is 10.2 Å². The van der Waals surface area contributed by atoms with Gasteiger partial charge >= 0.3 is 0 Å². The van der Waals surface area contributed by atoms with Crippen molar-refractivity contribution in [1.82, 2.24) is 15.5 Å². The molecule has 9 heteroatoms. The van der Waals surface area contributed by atoms with Crippen LogP contribution >= 0.6 is 34.7 Å². The monoisotopic (exact) mass is 424 g/mol. The van der Waals surface area contributed by atoms with Crippen molar-refractivity contribution in [2.75, 3.05) is 11.1 Å². The maximum Gasteiger partial charge on any atom is 0.230 e. The van der Waals surface area contributed by atoms with Gasteiger partial charge in [0.1, 0.15) is 0 Å². The SMILES string of the molecule is O=C(CSc1nnc(NC(=O)C2CCCCC2)s1)NCc1ccccc1Cl. The van der Waals surface area contributed by atoms with Crippen LogP contribution in [0.2, 0.25) is 5.02 Å². The van der Waals surface area contributed by atoms with E-state index in [2.05, 4.69) is 20.8 Å². The number of hydrogen-bond acceptors (Lipinski definition) is 6. The highest BCUT2D eigenvalue weighted by Crippen LogP contribution is 2.28. The first kappa shape index (κ1) is 20.1. The van der Waals surface area contributed by atoms with Crippen molar-refractivity contribution in [2.24, 2.45) is 5.92 Å². The molecule has 2 N–H and O–H groups in total. The Kier molecular flexibility index (Phi) is 7.49. The van der Waals surface area contributed by atoms with E-state index in [0.717, 1.165) is 31.2 Å². The number of thioether (sulfide) groups is 1. The molecule has 1 aliphatic carbocycles. The molecule has 1 aromatic carbocycles. The summed E-state index contributed by atoms with van der Waals surface area (Å²) in [7, 11) is 0. The molecular formula is C18H21ClN4O2S2. The number of rotatable bonds is 7. The van der Waals surface area contributed by atoms with Gasteiger partial charge in [-0.25, -0.2) is 0 Å². The van der Waals surface area contributed by atoms with E-state index in [1.54, 1.807) is 6.07 Å². The Morgan fingerprint density at radius 2 is 1.96 bits per heavy atom. The third-order valence-corrected chi connectivity index (χ3v) is 6.71. The van der Waals surface area contributed by atoms with E-state index in [1.807, 2.05) is 18.2 Å². The van der Waals surface area contributed by atoms with Crippen molar-refractivity contribution in [3.05, 3.63) is 34.9 Å². The first-order valence-electron chi connectivity index (χ1n) is 8.89. The lowest BCUT2D eigenvalue weighted by Crippen LogP contribution is -2.24. The predicted molar refractivity (Wildman–Crippen MR) is 109 cm³/mol. The zero-order valence-corrected chi connectivity index (χ0v) is 17.1. The molecule has 1 saturated carbocycles. The number of carbonyl (C=O) groups is 2. The summed E-state index contributed by atoms with van der Waals surface area (Å²) in [6, 6.07) is 7.40. The molecule has 6 nitrogen and oxygen atoms in total. The lowest BCUT2D eigenvalue weighted by atomic mass is 9.89. The van der Waals surface area contributed by atoms with Crippen LogP contribution in [0.15, 0.2) is 28.6 Å². The summed E-state index contributed by atoms with van der Waals surface area (Å²) in [5.41, 5.74) is 0.876. The lowest BCUT2D eigenvalue weighted by molar-refractivity contribution is -0.121. The predicted octanol–water partition coefficient (Wildman–Crippen LogP) is 4.12. The standard InChI is InChI=1S/C18H21ClN4O2S2/c19-14-9-5-4-8-13(14)10-20-15(24)11-26-18-23-22-17(27-18)21-16(25)12-6-2-1-3-7-12/h4-5,8-9,12H,1-3,6-7,10-11H2,(H,20,24)(H,21,22,25). The summed E-state index contributed by atoms with van der Waals surface area (Å²) in [5, 5.41) is 14.8. The molecule has 0 saturated heterocycles. The number of halogens is 1. The Hall–Kier alpha value is -1.64. The molecular weight excluding hydrogens is 404 g/mol. The molecule has 2 amide bonds. The van der Waals surface area contributed by atoms with Crippen molar-refractivity contribution < 1.29 is 9.59 Å². The Balaban J connectivity index is 1.41. The molecule has 0 atom stereocenters. The smallest absolute Gasteiger partial charge is 0.230 e. The van der Waals surface area contributed by atoms with E-state index < -0.39 is 0 Å². The number of nitrogens with zero attached hydrogens (tertiary/aromatic N) is 2. The fraction of sp³-hybridized carbons (Fsp3) is 0.444. The molecule has 1 aromatic heterocycles. The number of amides is 2. The number of carbonyl (C=O) groups excluding carboxylic acids is 2. The van der Waals surface area contributed by atoms with Gasteiger partial charge in [0, 0.05) is 17.5 Å². The zero-order valence-electron chi connectivity index (χ0n) is 14.7. The molecule has 3 rings (SSSR count). The minimum Gasteiger partial charge on any atom is -0.351 e. The van der Waals surface area contributed by atoms with Gasteiger partial charge in [0.2, 0.25) is 16.9 Å². The molecule has 2 aromatic rings. The van der Waals surface area contributed by atoms with Crippen LogP contribution in [0.3, 0.4) is 0 Å². The summed E-state index contributed by atoms with van der Waals surface area (Å²) < 4.78 is 0.654. The van der Waals surface area contributed by atoms with E-state index in [4.69, 9.17) is 11.6 Å². The Labute approximate surface area is 171 Å². The number of hydrogen-bond donors (Lipinski definition) is 2. The third-order valence-electron chi connectivity index (χ3n) is 4.37. The van der Waals surface area contributed by atoms with Crippen LogP contribution < -0.4 is 10.6 Å². The summed E-state index contributed by atoms with van der Waals surface area (Å²) in [5.74, 6) is 0.229. The van der Waals surface area contributed by atoms with Gasteiger partial charge in [-0.2, -0.15) is 0 Å². The van der Waals surface area contributed by atoms with Crippen LogP contribution in [-0.2, 0) is 16.1 Å². The van der Waals surface area contributed by atoms with E-state index in [9.17, 15) is 9.59 Å². The van der Waals surface area contributed by atoms with Gasteiger partial charge in [0.25, 0.3) is 0 Å². The fourth-order valence-electron chi connectivity index (χ4n) is 2.90. The molecule has 0 aliphatic heterocycles. The van der Waals surface area contributed by atoms with Gasteiger partial charge < -0.3 is 10.6 Å². The quantitative estimate of drug-likeness (QED) is 0.516. The molecule has 1 aliphatic rings. The molecule has 144 valence electrons. The van der Waals surface area contributed by atoms with Crippen molar-refractivity contribution in [2.45, 2.75) is 43.0 Å². The summed E-state index contributed by atoms with van der Waals surface area (Å²) in [6.07, 6.45) is 5.31. The van der Waals surface area contributed by atoms with Gasteiger partial charge in [0.15, 0.2) is 4.34 Å². The molecule has 0 unspecified atom stereocenters. The van der Waals surface area contributed by atoms with E-state index in [-0.39, 0.29) is 23.5 Å². The lowest BCUT2D eigenvalue weighted by Gasteiger charge is -2.19. The van der Waals surface area contributed by atoms with E-state index in [0.29, 0.717) is 21.0 Å². The van der Waals surface area contributed by atoms with Crippen LogP contribution in [0.4, 0.5) is 5.13 Å². The van der Waals surface area contributed by atoms with Gasteiger partial charge in [-0.3, -0.25) is 9.59 Å². The van der Waals surface area contributed by atoms with Gasteiger partial charge in [-0.05, 0) is 24.5 Å². The largest absolute Gasteiger partial charge is 0.351 e. The minimum absolute atomic E-state index is 0.0277. The van der Waals surface area contributed by atoms with Crippen molar-refractivity contribution in [1.29, 1.82) is 0 Å². The van der Waals surface area contributed by atoms with Crippen LogP contribution in [0.5, 0.6) is 0 Å². The molecule has 0 radical (unpaired) electrons. The van der Waals surface area contributed by atoms with E-state index >= 15 is 0 Å². The second-order valence-corrected chi connectivity index (χ2v) is 8.96. The van der Waals surface area contributed by atoms with Gasteiger partial charge in [-0.1, -0.05) is 72.2 Å². The number of benzene rings is 1. The van der Waals surface area contributed by atoms with Crippen molar-refractivity contribution in [3.63, 3.8) is 0 Å². The average Bonchev–Trinajstić information content (AvgIpc) is 3.13. The molecule has 0 spiro atoms. The molecule has 1 fully saturated rings. The van der Waals surface area contributed by atoms with Crippen LogP contribution in [0.25, 0.3) is 0 Å². The summed E-state index contributed by atoms with van der Waals surface area (Å²) in [6.45, 7) is 0.387. The third kappa shape index (κ3) is 6.19. The van der Waals surface area contributed by atoms with E-state index in [1.165, 1.54) is 29.5 Å². The Morgan fingerprint density at radius 3 is 2.74 bits per heavy atom. The maximum absolute atomic E-state index is 12.2. The minimum atomic E-state index is -0.108. The second kappa shape index (κ2) is 10.1. The highest BCUT2D eigenvalue weighted by Gasteiger charge is 2.22. The number of aromatic nitrogens is 2. The average molecular weight is 425 g/mol. The van der Waals surface area contributed by atoms with Crippen LogP contribution in [-0.4, -0.2) is 27.8 Å². The molecule has 1 heterocycles. The number of anilines is 1. The highest BCUT2D eigenvalue weighted by molar-refractivity contribution is 8.01. The normalized spacial score (nSPS) is 14.7. The zero-order chi connectivity index (χ0) is 19.1. The Morgan fingerprint density at radius 1 is 1.19 bits per heavy atom. The van der Waals surface area contributed by atoms with Crippen molar-refractivity contribution >= 4 is 51.6 Å². The first-order valence-corrected chi connectivity index (χ1v) is 11.1. The van der Waals surface area contributed by atoms with Crippen LogP contribution in [0.1, 0.15) is 37.7 Å². The van der Waals surface area contributed by atoms with Gasteiger partial charge in [0.05, 0.1) is 5.75 Å². The van der Waals surface area contributed by atoms with Crippen molar-refractivity contribution in [3.8, 4) is 0 Å².